The van der Waals surface area contributed by atoms with Crippen LogP contribution in [0.2, 0.25) is 0 Å². The zero-order valence-corrected chi connectivity index (χ0v) is 25.1. The van der Waals surface area contributed by atoms with Crippen molar-refractivity contribution in [1.82, 2.24) is 0 Å². The molecule has 0 aromatic heterocycles. The zero-order valence-electron chi connectivity index (χ0n) is 23.5. The van der Waals surface area contributed by atoms with Crippen molar-refractivity contribution in [2.45, 2.75) is 109 Å². The van der Waals surface area contributed by atoms with Gasteiger partial charge in [-0.15, -0.1) is 0 Å². The summed E-state index contributed by atoms with van der Waals surface area (Å²) in [5.41, 5.74) is 2.78. The first-order valence-corrected chi connectivity index (χ1v) is 17.4. The number of benzene rings is 3. The first kappa shape index (κ1) is 30.1. The fourth-order valence-electron chi connectivity index (χ4n) is 6.17. The molecule has 41 heavy (non-hydrogen) atoms. The van der Waals surface area contributed by atoms with Crippen LogP contribution in [0, 0.1) is 0 Å². The molecule has 3 aromatic rings. The van der Waals surface area contributed by atoms with E-state index < -0.39 is 32.4 Å². The van der Waals surface area contributed by atoms with Crippen molar-refractivity contribution in [3.8, 4) is 5.75 Å². The monoisotopic (exact) mass is 601 g/mol. The summed E-state index contributed by atoms with van der Waals surface area (Å²) in [6.45, 7) is 0.925. The molecule has 0 saturated heterocycles. The average molecular weight is 602 g/mol. The van der Waals surface area contributed by atoms with Crippen molar-refractivity contribution in [2.75, 3.05) is 0 Å². The van der Waals surface area contributed by atoms with Gasteiger partial charge in [0.05, 0.1) is 10.9 Å². The Bertz CT molecular complexity index is 1320. The summed E-state index contributed by atoms with van der Waals surface area (Å²) in [4.78, 5) is 3.35. The molecule has 1 N–H and O–H groups in total. The van der Waals surface area contributed by atoms with Gasteiger partial charge < -0.3 is 4.74 Å². The molecule has 4 nitrogen and oxygen atoms in total. The van der Waals surface area contributed by atoms with Crippen LogP contribution < -0.4 is 4.74 Å². The molecule has 0 radical (unpaired) electrons. The third-order valence-electron chi connectivity index (χ3n) is 8.57. The number of halogens is 2. The topological polar surface area (TPSA) is 63.6 Å². The minimum absolute atomic E-state index is 0.105. The first-order valence-electron chi connectivity index (χ1n) is 14.7. The zero-order chi connectivity index (χ0) is 29.0. The van der Waals surface area contributed by atoms with Gasteiger partial charge in [0.1, 0.15) is 5.75 Å². The van der Waals surface area contributed by atoms with Gasteiger partial charge in [0.25, 0.3) is 0 Å². The molecule has 0 amide bonds. The van der Waals surface area contributed by atoms with Crippen LogP contribution >= 0.6 is 0 Å². The second-order valence-corrected chi connectivity index (χ2v) is 14.9. The van der Waals surface area contributed by atoms with E-state index in [0.717, 1.165) is 11.8 Å². The standard InChI is InChI=1S/C33H38F2O4S2/c1-24(33(34,35)41(36,37)38)39-29-16-22-32(23-17-29)40(30-18-12-27(13-19-30)25-8-4-2-5-9-25)31-20-14-28(15-21-31)26-10-6-3-7-11-26/h12-26H,2-11H2,1H3/p+1. The van der Waals surface area contributed by atoms with E-state index in [9.17, 15) is 17.2 Å². The van der Waals surface area contributed by atoms with Crippen LogP contribution in [0.4, 0.5) is 8.78 Å². The molecule has 1 atom stereocenters. The average Bonchev–Trinajstić information content (AvgIpc) is 2.99. The Balaban J connectivity index is 1.42. The molecule has 1 unspecified atom stereocenters. The van der Waals surface area contributed by atoms with E-state index in [4.69, 9.17) is 9.29 Å². The Kier molecular flexibility index (Phi) is 9.41. The highest BCUT2D eigenvalue weighted by molar-refractivity contribution is 7.97. The SMILES string of the molecule is CC(Oc1ccc([S+](c2ccc(C3CCCCC3)cc2)c2ccc(C3CCCCC3)cc2)cc1)C(F)(F)S(=O)(=O)O. The van der Waals surface area contributed by atoms with E-state index >= 15 is 0 Å². The molecule has 0 heterocycles. The van der Waals surface area contributed by atoms with E-state index in [-0.39, 0.29) is 5.75 Å². The highest BCUT2D eigenvalue weighted by Gasteiger charge is 2.51. The molecule has 3 aromatic carbocycles. The number of rotatable bonds is 9. The summed E-state index contributed by atoms with van der Waals surface area (Å²) in [6.07, 6.45) is 10.7. The number of hydrogen-bond acceptors (Lipinski definition) is 3. The van der Waals surface area contributed by atoms with Gasteiger partial charge in [-0.1, -0.05) is 62.8 Å². The van der Waals surface area contributed by atoms with Gasteiger partial charge in [0.2, 0.25) is 0 Å². The molecule has 2 fully saturated rings. The summed E-state index contributed by atoms with van der Waals surface area (Å²) in [7, 11) is -6.03. The van der Waals surface area contributed by atoms with E-state index in [1.165, 1.54) is 85.1 Å². The van der Waals surface area contributed by atoms with E-state index in [0.29, 0.717) is 11.8 Å². The van der Waals surface area contributed by atoms with Crippen molar-refractivity contribution in [3.63, 3.8) is 0 Å². The quantitative estimate of drug-likeness (QED) is 0.196. The van der Waals surface area contributed by atoms with Gasteiger partial charge in [-0.05, 0) is 104 Å². The first-order chi connectivity index (χ1) is 19.6. The van der Waals surface area contributed by atoms with Crippen LogP contribution in [-0.2, 0) is 21.0 Å². The van der Waals surface area contributed by atoms with Crippen LogP contribution in [0.15, 0.2) is 87.5 Å². The van der Waals surface area contributed by atoms with E-state index in [1.54, 1.807) is 12.1 Å². The third kappa shape index (κ3) is 6.98. The summed E-state index contributed by atoms with van der Waals surface area (Å²) in [5.74, 6) is 1.34. The van der Waals surface area contributed by atoms with Crippen molar-refractivity contribution in [3.05, 3.63) is 83.9 Å². The molecule has 0 aliphatic heterocycles. The second kappa shape index (κ2) is 12.8. The summed E-state index contributed by atoms with van der Waals surface area (Å²) < 4.78 is 64.4. The molecular formula is C33H39F2O4S2+. The summed E-state index contributed by atoms with van der Waals surface area (Å²) >= 11 is 0. The highest BCUT2D eigenvalue weighted by Crippen LogP contribution is 2.38. The molecule has 2 saturated carbocycles. The van der Waals surface area contributed by atoms with Crippen LogP contribution in [0.1, 0.15) is 94.1 Å². The van der Waals surface area contributed by atoms with Crippen LogP contribution in [0.5, 0.6) is 5.75 Å². The molecule has 8 heteroatoms. The Morgan fingerprint density at radius 2 is 1.07 bits per heavy atom. The Morgan fingerprint density at radius 3 is 1.44 bits per heavy atom. The smallest absolute Gasteiger partial charge is 0.405 e. The number of hydrogen-bond donors (Lipinski definition) is 1. The lowest BCUT2D eigenvalue weighted by Crippen LogP contribution is -2.42. The molecule has 2 aliphatic carbocycles. The van der Waals surface area contributed by atoms with Gasteiger partial charge in [0, 0.05) is 0 Å². The number of alkyl halides is 2. The Hall–Kier alpha value is -2.42. The van der Waals surface area contributed by atoms with Crippen molar-refractivity contribution < 1.29 is 26.5 Å². The predicted octanol–water partition coefficient (Wildman–Crippen LogP) is 9.13. The molecular weight excluding hydrogens is 562 g/mol. The maximum absolute atomic E-state index is 14.0. The normalized spacial score (nSPS) is 18.4. The summed E-state index contributed by atoms with van der Waals surface area (Å²) in [6, 6.07) is 24.8. The minimum atomic E-state index is -5.60. The lowest BCUT2D eigenvalue weighted by molar-refractivity contribution is -0.0236. The van der Waals surface area contributed by atoms with Crippen molar-refractivity contribution in [1.29, 1.82) is 0 Å². The van der Waals surface area contributed by atoms with Crippen LogP contribution in [0.3, 0.4) is 0 Å². The van der Waals surface area contributed by atoms with Gasteiger partial charge in [-0.3, -0.25) is 4.55 Å². The minimum Gasteiger partial charge on any atom is -0.483 e. The largest absolute Gasteiger partial charge is 0.483 e. The van der Waals surface area contributed by atoms with Crippen molar-refractivity contribution >= 4 is 21.0 Å². The number of ether oxygens (including phenoxy) is 1. The van der Waals surface area contributed by atoms with Crippen molar-refractivity contribution in [2.24, 2.45) is 0 Å². The predicted molar refractivity (Wildman–Crippen MR) is 160 cm³/mol. The van der Waals surface area contributed by atoms with E-state index in [2.05, 4.69) is 48.5 Å². The highest BCUT2D eigenvalue weighted by atomic mass is 32.2. The molecule has 0 bridgehead atoms. The maximum atomic E-state index is 14.0. The second-order valence-electron chi connectivity index (χ2n) is 11.4. The van der Waals surface area contributed by atoms with Crippen LogP contribution in [0.25, 0.3) is 0 Å². The lowest BCUT2D eigenvalue weighted by Gasteiger charge is -2.22. The maximum Gasteiger partial charge on any atom is 0.405 e. The van der Waals surface area contributed by atoms with Gasteiger partial charge >= 0.3 is 15.4 Å². The van der Waals surface area contributed by atoms with Gasteiger partial charge in [-0.2, -0.15) is 17.2 Å². The fourth-order valence-corrected chi connectivity index (χ4v) is 8.68. The third-order valence-corrected chi connectivity index (χ3v) is 11.8. The molecule has 220 valence electrons. The fraction of sp³-hybridized carbons (Fsp3) is 0.455. The lowest BCUT2D eigenvalue weighted by atomic mass is 9.84. The Labute approximate surface area is 245 Å². The van der Waals surface area contributed by atoms with Gasteiger partial charge in [0.15, 0.2) is 20.8 Å². The molecule has 2 aliphatic rings. The molecule has 5 rings (SSSR count). The van der Waals surface area contributed by atoms with E-state index in [1.807, 2.05) is 12.1 Å². The Morgan fingerprint density at radius 1 is 0.707 bits per heavy atom. The summed E-state index contributed by atoms with van der Waals surface area (Å²) in [5, 5.41) is -4.42. The van der Waals surface area contributed by atoms with Gasteiger partial charge in [-0.25, -0.2) is 0 Å². The van der Waals surface area contributed by atoms with Crippen LogP contribution in [-0.4, -0.2) is 24.3 Å². The molecule has 0 spiro atoms.